The molecule has 2 aromatic rings. The first-order valence-electron chi connectivity index (χ1n) is 7.17. The summed E-state index contributed by atoms with van der Waals surface area (Å²) in [7, 11) is 4.01. The highest BCUT2D eigenvalue weighted by atomic mass is 15.2. The third-order valence-electron chi connectivity index (χ3n) is 3.78. The Morgan fingerprint density at radius 2 is 2.10 bits per heavy atom. The van der Waals surface area contributed by atoms with Crippen LogP contribution in [-0.2, 0) is 0 Å². The van der Waals surface area contributed by atoms with Crippen LogP contribution in [-0.4, -0.2) is 47.1 Å². The summed E-state index contributed by atoms with van der Waals surface area (Å²) in [6.07, 6.45) is 6.34. The number of aryl methyl sites for hydroxylation is 1. The molecule has 1 aliphatic rings. The molecular formula is C15H20N6. The van der Waals surface area contributed by atoms with E-state index in [-0.39, 0.29) is 0 Å². The summed E-state index contributed by atoms with van der Waals surface area (Å²) in [5, 5.41) is 0. The Labute approximate surface area is 124 Å². The molecule has 21 heavy (non-hydrogen) atoms. The Morgan fingerprint density at radius 1 is 1.24 bits per heavy atom. The molecule has 6 nitrogen and oxygen atoms in total. The lowest BCUT2D eigenvalue weighted by atomic mass is 10.0. The number of nitrogens with zero attached hydrogens (tertiary/aromatic N) is 6. The molecule has 0 N–H and O–H groups in total. The summed E-state index contributed by atoms with van der Waals surface area (Å²) in [5.74, 6) is 3.16. The van der Waals surface area contributed by atoms with E-state index in [1.165, 1.54) is 0 Å². The van der Waals surface area contributed by atoms with E-state index >= 15 is 0 Å². The Kier molecular flexibility index (Phi) is 3.68. The molecule has 0 amide bonds. The van der Waals surface area contributed by atoms with Gasteiger partial charge < -0.3 is 9.80 Å². The summed E-state index contributed by atoms with van der Waals surface area (Å²) in [6, 6.07) is 2.10. The van der Waals surface area contributed by atoms with Crippen LogP contribution in [0.5, 0.6) is 0 Å². The molecule has 110 valence electrons. The maximum Gasteiger partial charge on any atom is 0.147 e. The molecule has 0 radical (unpaired) electrons. The van der Waals surface area contributed by atoms with E-state index in [1.807, 2.05) is 32.1 Å². The topological polar surface area (TPSA) is 58.0 Å². The molecule has 0 aromatic carbocycles. The maximum absolute atomic E-state index is 4.63. The van der Waals surface area contributed by atoms with Crippen molar-refractivity contribution in [2.75, 3.05) is 37.0 Å². The van der Waals surface area contributed by atoms with Crippen LogP contribution in [0.1, 0.15) is 23.9 Å². The van der Waals surface area contributed by atoms with Crippen LogP contribution in [0.2, 0.25) is 0 Å². The Balaban J connectivity index is 1.80. The molecule has 2 aromatic heterocycles. The minimum absolute atomic E-state index is 0.424. The van der Waals surface area contributed by atoms with E-state index in [1.54, 1.807) is 12.4 Å². The van der Waals surface area contributed by atoms with Gasteiger partial charge in [-0.2, -0.15) is 0 Å². The van der Waals surface area contributed by atoms with E-state index in [2.05, 4.69) is 30.9 Å². The Hall–Kier alpha value is -2.24. The van der Waals surface area contributed by atoms with Gasteiger partial charge in [-0.05, 0) is 13.3 Å². The lowest BCUT2D eigenvalue weighted by Crippen LogP contribution is -2.21. The van der Waals surface area contributed by atoms with E-state index in [0.29, 0.717) is 5.92 Å². The quantitative estimate of drug-likeness (QED) is 0.854. The van der Waals surface area contributed by atoms with Crippen molar-refractivity contribution in [1.29, 1.82) is 0 Å². The lowest BCUT2D eigenvalue weighted by Gasteiger charge is -2.18. The Morgan fingerprint density at radius 3 is 2.81 bits per heavy atom. The first kappa shape index (κ1) is 13.7. The fourth-order valence-electron chi connectivity index (χ4n) is 2.68. The summed E-state index contributed by atoms with van der Waals surface area (Å²) < 4.78 is 0. The zero-order valence-electron chi connectivity index (χ0n) is 12.7. The van der Waals surface area contributed by atoms with Crippen LogP contribution < -0.4 is 9.80 Å². The first-order valence-corrected chi connectivity index (χ1v) is 7.17. The van der Waals surface area contributed by atoms with Crippen LogP contribution in [0.25, 0.3) is 0 Å². The second-order valence-electron chi connectivity index (χ2n) is 5.59. The monoisotopic (exact) mass is 284 g/mol. The summed E-state index contributed by atoms with van der Waals surface area (Å²) in [4.78, 5) is 21.9. The minimum atomic E-state index is 0.424. The molecule has 1 fully saturated rings. The maximum atomic E-state index is 4.63. The van der Waals surface area contributed by atoms with Crippen molar-refractivity contribution in [3.63, 3.8) is 0 Å². The minimum Gasteiger partial charge on any atom is -0.363 e. The van der Waals surface area contributed by atoms with Crippen LogP contribution in [0.4, 0.5) is 11.6 Å². The molecular weight excluding hydrogens is 264 g/mol. The second kappa shape index (κ2) is 5.63. The summed E-state index contributed by atoms with van der Waals surface area (Å²) in [5.41, 5.74) is 1.12. The average Bonchev–Trinajstić information content (AvgIpc) is 2.97. The van der Waals surface area contributed by atoms with Gasteiger partial charge in [0.1, 0.15) is 17.5 Å². The Bertz CT molecular complexity index is 613. The lowest BCUT2D eigenvalue weighted by molar-refractivity contribution is 0.730. The zero-order chi connectivity index (χ0) is 14.8. The van der Waals surface area contributed by atoms with Crippen molar-refractivity contribution in [2.24, 2.45) is 0 Å². The van der Waals surface area contributed by atoms with Crippen molar-refractivity contribution >= 4 is 11.6 Å². The molecule has 0 spiro atoms. The smallest absolute Gasteiger partial charge is 0.147 e. The van der Waals surface area contributed by atoms with Crippen LogP contribution in [0, 0.1) is 6.92 Å². The molecule has 1 aliphatic heterocycles. The van der Waals surface area contributed by atoms with Gasteiger partial charge in [0.05, 0.1) is 11.9 Å². The molecule has 1 saturated heterocycles. The predicted octanol–water partition coefficient (Wildman–Crippen LogP) is 1.63. The highest BCUT2D eigenvalue weighted by molar-refractivity contribution is 5.42. The third-order valence-corrected chi connectivity index (χ3v) is 3.78. The molecule has 0 unspecified atom stereocenters. The van der Waals surface area contributed by atoms with Gasteiger partial charge in [-0.1, -0.05) is 0 Å². The van der Waals surface area contributed by atoms with Gasteiger partial charge in [0.2, 0.25) is 0 Å². The highest BCUT2D eigenvalue weighted by Crippen LogP contribution is 2.29. The third kappa shape index (κ3) is 2.94. The van der Waals surface area contributed by atoms with Crippen molar-refractivity contribution in [3.05, 3.63) is 36.2 Å². The van der Waals surface area contributed by atoms with Gasteiger partial charge in [-0.3, -0.25) is 4.98 Å². The van der Waals surface area contributed by atoms with E-state index in [4.69, 9.17) is 0 Å². The molecule has 0 aliphatic carbocycles. The van der Waals surface area contributed by atoms with Gasteiger partial charge in [0, 0.05) is 51.6 Å². The molecule has 3 heterocycles. The average molecular weight is 284 g/mol. The summed E-state index contributed by atoms with van der Waals surface area (Å²) in [6.45, 7) is 3.87. The number of rotatable bonds is 3. The van der Waals surface area contributed by atoms with E-state index in [0.717, 1.165) is 42.7 Å². The molecule has 0 saturated carbocycles. The van der Waals surface area contributed by atoms with Gasteiger partial charge >= 0.3 is 0 Å². The summed E-state index contributed by atoms with van der Waals surface area (Å²) >= 11 is 0. The van der Waals surface area contributed by atoms with Gasteiger partial charge in [-0.25, -0.2) is 15.0 Å². The molecule has 6 heteroatoms. The fourth-order valence-corrected chi connectivity index (χ4v) is 2.68. The standard InChI is InChI=1S/C15H20N6/c1-11-18-13(8-14(19-11)20(2)3)12-4-7-21(10-12)15-9-16-5-6-17-15/h5-6,8-9,12H,4,7,10H2,1-3H3/t12-/m1/s1. The van der Waals surface area contributed by atoms with Crippen LogP contribution in [0.15, 0.2) is 24.7 Å². The highest BCUT2D eigenvalue weighted by Gasteiger charge is 2.26. The second-order valence-corrected chi connectivity index (χ2v) is 5.59. The number of anilines is 2. The number of hydrogen-bond acceptors (Lipinski definition) is 6. The van der Waals surface area contributed by atoms with Crippen molar-refractivity contribution < 1.29 is 0 Å². The zero-order valence-corrected chi connectivity index (χ0v) is 12.7. The molecule has 0 bridgehead atoms. The fraction of sp³-hybridized carbons (Fsp3) is 0.467. The normalized spacial score (nSPS) is 18.0. The first-order chi connectivity index (χ1) is 10.1. The van der Waals surface area contributed by atoms with E-state index in [9.17, 15) is 0 Å². The van der Waals surface area contributed by atoms with Gasteiger partial charge in [-0.15, -0.1) is 0 Å². The van der Waals surface area contributed by atoms with E-state index < -0.39 is 0 Å². The van der Waals surface area contributed by atoms with Crippen molar-refractivity contribution in [2.45, 2.75) is 19.3 Å². The van der Waals surface area contributed by atoms with Gasteiger partial charge in [0.25, 0.3) is 0 Å². The van der Waals surface area contributed by atoms with Crippen LogP contribution in [0.3, 0.4) is 0 Å². The van der Waals surface area contributed by atoms with Crippen molar-refractivity contribution in [3.8, 4) is 0 Å². The van der Waals surface area contributed by atoms with Crippen LogP contribution >= 0.6 is 0 Å². The largest absolute Gasteiger partial charge is 0.363 e. The molecule has 3 rings (SSSR count). The SMILES string of the molecule is Cc1nc([C@@H]2CCN(c3cnccn3)C2)cc(N(C)C)n1. The van der Waals surface area contributed by atoms with Gasteiger partial charge in [0.15, 0.2) is 0 Å². The predicted molar refractivity (Wildman–Crippen MR) is 82.7 cm³/mol. The number of hydrogen-bond donors (Lipinski definition) is 0. The van der Waals surface area contributed by atoms with Crippen molar-refractivity contribution in [1.82, 2.24) is 19.9 Å². The molecule has 1 atom stereocenters. The number of aromatic nitrogens is 4.